The van der Waals surface area contributed by atoms with E-state index >= 15 is 0 Å². The number of hydrogen-bond acceptors (Lipinski definition) is 3. The Bertz CT molecular complexity index is 370. The largest absolute Gasteiger partial charge is 0.491 e. The predicted octanol–water partition coefficient (Wildman–Crippen LogP) is 2.93. The van der Waals surface area contributed by atoms with Crippen LogP contribution in [0.15, 0.2) is 24.3 Å². The first-order valence-corrected chi connectivity index (χ1v) is 6.69. The number of ether oxygens (including phenoxy) is 2. The highest BCUT2D eigenvalue weighted by atomic mass is 16.5. The van der Waals surface area contributed by atoms with Gasteiger partial charge in [0, 0.05) is 12.5 Å². The van der Waals surface area contributed by atoms with Crippen molar-refractivity contribution in [3.8, 4) is 5.75 Å². The van der Waals surface area contributed by atoms with E-state index in [1.807, 2.05) is 38.1 Å². The topological polar surface area (TPSA) is 38.7 Å². The van der Waals surface area contributed by atoms with E-state index in [-0.39, 0.29) is 12.0 Å². The van der Waals surface area contributed by atoms with E-state index < -0.39 is 6.10 Å². The summed E-state index contributed by atoms with van der Waals surface area (Å²) in [7, 11) is 0. The first kappa shape index (κ1) is 13.4. The lowest BCUT2D eigenvalue weighted by molar-refractivity contribution is -0.0101. The van der Waals surface area contributed by atoms with E-state index in [0.29, 0.717) is 6.61 Å². The summed E-state index contributed by atoms with van der Waals surface area (Å²) in [4.78, 5) is 0. The maximum Gasteiger partial charge on any atom is 0.120 e. The second-order valence-electron chi connectivity index (χ2n) is 5.16. The van der Waals surface area contributed by atoms with Crippen molar-refractivity contribution in [2.45, 2.75) is 38.9 Å². The summed E-state index contributed by atoms with van der Waals surface area (Å²) in [6.45, 7) is 5.46. The third-order valence-corrected chi connectivity index (χ3v) is 3.21. The average Bonchev–Trinajstić information content (AvgIpc) is 2.38. The highest BCUT2D eigenvalue weighted by Gasteiger charge is 2.23. The van der Waals surface area contributed by atoms with E-state index in [0.717, 1.165) is 30.8 Å². The smallest absolute Gasteiger partial charge is 0.120 e. The normalized spacial score (nSPS) is 21.9. The van der Waals surface area contributed by atoms with Gasteiger partial charge in [0.2, 0.25) is 0 Å². The number of benzene rings is 1. The molecule has 2 atom stereocenters. The van der Waals surface area contributed by atoms with Crippen molar-refractivity contribution in [3.63, 3.8) is 0 Å². The number of rotatable bonds is 4. The zero-order valence-electron chi connectivity index (χ0n) is 11.1. The Morgan fingerprint density at radius 1 is 1.39 bits per heavy atom. The van der Waals surface area contributed by atoms with Crippen molar-refractivity contribution < 1.29 is 14.6 Å². The molecule has 0 saturated carbocycles. The van der Waals surface area contributed by atoms with Crippen LogP contribution in [0.4, 0.5) is 0 Å². The molecule has 1 aromatic carbocycles. The van der Waals surface area contributed by atoms with Crippen LogP contribution in [-0.2, 0) is 4.74 Å². The first-order chi connectivity index (χ1) is 8.66. The van der Waals surface area contributed by atoms with Crippen LogP contribution in [-0.4, -0.2) is 24.4 Å². The Morgan fingerprint density at radius 2 is 2.22 bits per heavy atom. The summed E-state index contributed by atoms with van der Waals surface area (Å²) < 4.78 is 11.1. The maximum absolute atomic E-state index is 10.4. The molecular formula is C15H22O3. The summed E-state index contributed by atoms with van der Waals surface area (Å²) in [6, 6.07) is 7.74. The van der Waals surface area contributed by atoms with E-state index in [1.165, 1.54) is 0 Å². The van der Waals surface area contributed by atoms with Crippen molar-refractivity contribution in [1.82, 2.24) is 0 Å². The van der Waals surface area contributed by atoms with Crippen LogP contribution < -0.4 is 4.74 Å². The molecule has 0 amide bonds. The standard InChI is InChI=1S/C15H22O3/c1-11(2)18-14-7-3-5-12(9-14)15(16)13-6-4-8-17-10-13/h3,5,7,9,11,13,15-16H,4,6,8,10H2,1-2H3. The van der Waals surface area contributed by atoms with Crippen LogP contribution in [0.25, 0.3) is 0 Å². The van der Waals surface area contributed by atoms with Gasteiger partial charge in [0.1, 0.15) is 5.75 Å². The Balaban J connectivity index is 2.06. The second kappa shape index (κ2) is 6.21. The average molecular weight is 250 g/mol. The Hall–Kier alpha value is -1.06. The van der Waals surface area contributed by atoms with Crippen molar-refractivity contribution >= 4 is 0 Å². The SMILES string of the molecule is CC(C)Oc1cccc(C(O)C2CCCOC2)c1. The first-order valence-electron chi connectivity index (χ1n) is 6.69. The van der Waals surface area contributed by atoms with Crippen LogP contribution in [0.2, 0.25) is 0 Å². The highest BCUT2D eigenvalue weighted by molar-refractivity contribution is 5.30. The molecule has 18 heavy (non-hydrogen) atoms. The van der Waals surface area contributed by atoms with Gasteiger partial charge in [-0.15, -0.1) is 0 Å². The quantitative estimate of drug-likeness (QED) is 0.893. The molecule has 3 nitrogen and oxygen atoms in total. The predicted molar refractivity (Wildman–Crippen MR) is 70.7 cm³/mol. The molecule has 2 rings (SSSR count). The van der Waals surface area contributed by atoms with Gasteiger partial charge in [-0.1, -0.05) is 12.1 Å². The molecule has 0 bridgehead atoms. The molecular weight excluding hydrogens is 228 g/mol. The minimum atomic E-state index is -0.457. The summed E-state index contributed by atoms with van der Waals surface area (Å²) in [5.41, 5.74) is 0.920. The Morgan fingerprint density at radius 3 is 2.89 bits per heavy atom. The molecule has 1 aliphatic rings. The van der Waals surface area contributed by atoms with Gasteiger partial charge >= 0.3 is 0 Å². The molecule has 1 N–H and O–H groups in total. The van der Waals surface area contributed by atoms with Gasteiger partial charge in [-0.05, 0) is 44.4 Å². The lowest BCUT2D eigenvalue weighted by atomic mass is 9.91. The number of hydrogen-bond donors (Lipinski definition) is 1. The fraction of sp³-hybridized carbons (Fsp3) is 0.600. The van der Waals surface area contributed by atoms with E-state index in [4.69, 9.17) is 9.47 Å². The molecule has 0 spiro atoms. The van der Waals surface area contributed by atoms with Crippen molar-refractivity contribution in [2.75, 3.05) is 13.2 Å². The van der Waals surface area contributed by atoms with Gasteiger partial charge in [-0.3, -0.25) is 0 Å². The summed E-state index contributed by atoms with van der Waals surface area (Å²) >= 11 is 0. The van der Waals surface area contributed by atoms with Crippen LogP contribution >= 0.6 is 0 Å². The lowest BCUT2D eigenvalue weighted by Crippen LogP contribution is -2.23. The number of aliphatic hydroxyl groups excluding tert-OH is 1. The van der Waals surface area contributed by atoms with Crippen molar-refractivity contribution in [2.24, 2.45) is 5.92 Å². The molecule has 1 fully saturated rings. The number of aliphatic hydroxyl groups is 1. The fourth-order valence-electron chi connectivity index (χ4n) is 2.33. The third kappa shape index (κ3) is 3.47. The zero-order valence-corrected chi connectivity index (χ0v) is 11.1. The fourth-order valence-corrected chi connectivity index (χ4v) is 2.33. The molecule has 2 unspecified atom stereocenters. The minimum absolute atomic E-state index is 0.149. The molecule has 0 aromatic heterocycles. The minimum Gasteiger partial charge on any atom is -0.491 e. The molecule has 1 heterocycles. The van der Waals surface area contributed by atoms with E-state index in [9.17, 15) is 5.11 Å². The van der Waals surface area contributed by atoms with Gasteiger partial charge < -0.3 is 14.6 Å². The highest BCUT2D eigenvalue weighted by Crippen LogP contribution is 2.30. The molecule has 0 aliphatic carbocycles. The maximum atomic E-state index is 10.4. The molecule has 3 heteroatoms. The Kier molecular flexibility index (Phi) is 4.61. The van der Waals surface area contributed by atoms with Crippen LogP contribution in [0.5, 0.6) is 5.75 Å². The van der Waals surface area contributed by atoms with Crippen LogP contribution in [0.3, 0.4) is 0 Å². The van der Waals surface area contributed by atoms with Crippen molar-refractivity contribution in [3.05, 3.63) is 29.8 Å². The molecule has 1 aromatic rings. The lowest BCUT2D eigenvalue weighted by Gasteiger charge is -2.27. The summed E-state index contributed by atoms with van der Waals surface area (Å²) in [5.74, 6) is 1.02. The van der Waals surface area contributed by atoms with Gasteiger partial charge in [0.15, 0.2) is 0 Å². The zero-order chi connectivity index (χ0) is 13.0. The van der Waals surface area contributed by atoms with Gasteiger partial charge in [0.25, 0.3) is 0 Å². The molecule has 1 aliphatic heterocycles. The van der Waals surface area contributed by atoms with Gasteiger partial charge in [-0.2, -0.15) is 0 Å². The van der Waals surface area contributed by atoms with Gasteiger partial charge in [0.05, 0.1) is 18.8 Å². The van der Waals surface area contributed by atoms with Crippen molar-refractivity contribution in [1.29, 1.82) is 0 Å². The monoisotopic (exact) mass is 250 g/mol. The second-order valence-corrected chi connectivity index (χ2v) is 5.16. The van der Waals surface area contributed by atoms with E-state index in [2.05, 4.69) is 0 Å². The van der Waals surface area contributed by atoms with Crippen LogP contribution in [0, 0.1) is 5.92 Å². The van der Waals surface area contributed by atoms with Gasteiger partial charge in [-0.25, -0.2) is 0 Å². The molecule has 1 saturated heterocycles. The summed E-state index contributed by atoms with van der Waals surface area (Å²) in [5, 5.41) is 10.4. The summed E-state index contributed by atoms with van der Waals surface area (Å²) in [6.07, 6.45) is 1.75. The molecule has 100 valence electrons. The third-order valence-electron chi connectivity index (χ3n) is 3.21. The van der Waals surface area contributed by atoms with E-state index in [1.54, 1.807) is 0 Å². The van der Waals surface area contributed by atoms with Crippen LogP contribution in [0.1, 0.15) is 38.4 Å². The Labute approximate surface area is 109 Å². The molecule has 0 radical (unpaired) electrons.